The van der Waals surface area contributed by atoms with Gasteiger partial charge in [-0.1, -0.05) is 38.1 Å². The van der Waals surface area contributed by atoms with Crippen molar-refractivity contribution in [3.8, 4) is 0 Å². The Bertz CT molecular complexity index is 730. The first-order chi connectivity index (χ1) is 13.0. The van der Waals surface area contributed by atoms with Crippen molar-refractivity contribution >= 4 is 11.7 Å². The van der Waals surface area contributed by atoms with Gasteiger partial charge in [-0.15, -0.1) is 0 Å². The molecule has 5 heteroatoms. The van der Waals surface area contributed by atoms with E-state index in [2.05, 4.69) is 65.2 Å². The lowest BCUT2D eigenvalue weighted by molar-refractivity contribution is -0.125. The number of carbonyl (C=O) groups is 1. The summed E-state index contributed by atoms with van der Waals surface area (Å²) in [6.45, 7) is 8.13. The van der Waals surface area contributed by atoms with Crippen LogP contribution in [0.5, 0.6) is 0 Å². The average Bonchev–Trinajstić information content (AvgIpc) is 2.69. The van der Waals surface area contributed by atoms with E-state index in [4.69, 9.17) is 0 Å². The van der Waals surface area contributed by atoms with Crippen molar-refractivity contribution in [2.75, 3.05) is 18.0 Å². The van der Waals surface area contributed by atoms with Gasteiger partial charge in [0, 0.05) is 25.5 Å². The SMILES string of the molecule is CC(C)Cc1ccc([C@H](C)NC(=O)[C@@H]2CCCN(c3cnccn3)C2)cc1. The van der Waals surface area contributed by atoms with E-state index >= 15 is 0 Å². The Kier molecular flexibility index (Phi) is 6.43. The van der Waals surface area contributed by atoms with Crippen LogP contribution in [-0.4, -0.2) is 29.0 Å². The number of hydrogen-bond acceptors (Lipinski definition) is 4. The van der Waals surface area contributed by atoms with Gasteiger partial charge < -0.3 is 10.2 Å². The number of anilines is 1. The summed E-state index contributed by atoms with van der Waals surface area (Å²) in [5, 5.41) is 3.20. The smallest absolute Gasteiger partial charge is 0.225 e. The standard InChI is InChI=1S/C22H30N4O/c1-16(2)13-18-6-8-19(9-7-18)17(3)25-22(27)20-5-4-12-26(15-20)21-14-23-10-11-24-21/h6-11,14,16-17,20H,4-5,12-13,15H2,1-3H3,(H,25,27)/t17-,20+/m0/s1. The Balaban J connectivity index is 1.57. The van der Waals surface area contributed by atoms with Crippen LogP contribution in [0.25, 0.3) is 0 Å². The molecule has 0 spiro atoms. The molecule has 0 aliphatic carbocycles. The second-order valence-corrected chi connectivity index (χ2v) is 7.92. The van der Waals surface area contributed by atoms with Crippen LogP contribution >= 0.6 is 0 Å². The predicted octanol–water partition coefficient (Wildman–Crippen LogP) is 3.77. The van der Waals surface area contributed by atoms with E-state index in [9.17, 15) is 4.79 Å². The first-order valence-corrected chi connectivity index (χ1v) is 9.93. The number of rotatable bonds is 6. The van der Waals surface area contributed by atoms with Gasteiger partial charge in [-0.05, 0) is 43.2 Å². The number of nitrogens with zero attached hydrogens (tertiary/aromatic N) is 3. The lowest BCUT2D eigenvalue weighted by Gasteiger charge is -2.33. The Morgan fingerprint density at radius 1 is 1.22 bits per heavy atom. The zero-order chi connectivity index (χ0) is 19.2. The van der Waals surface area contributed by atoms with Crippen molar-refractivity contribution in [2.24, 2.45) is 11.8 Å². The van der Waals surface area contributed by atoms with E-state index in [0.717, 1.165) is 37.2 Å². The maximum Gasteiger partial charge on any atom is 0.225 e. The Hall–Kier alpha value is -2.43. The molecular weight excluding hydrogens is 336 g/mol. The maximum absolute atomic E-state index is 12.8. The third-order valence-corrected chi connectivity index (χ3v) is 5.15. The highest BCUT2D eigenvalue weighted by Crippen LogP contribution is 2.22. The normalized spacial score (nSPS) is 18.4. The number of nitrogens with one attached hydrogen (secondary N) is 1. The van der Waals surface area contributed by atoms with Crippen LogP contribution in [0.3, 0.4) is 0 Å². The van der Waals surface area contributed by atoms with E-state index in [1.54, 1.807) is 18.6 Å². The van der Waals surface area contributed by atoms with E-state index in [-0.39, 0.29) is 17.9 Å². The molecule has 144 valence electrons. The van der Waals surface area contributed by atoms with Crippen LogP contribution in [0.1, 0.15) is 50.8 Å². The van der Waals surface area contributed by atoms with Crippen LogP contribution in [0.4, 0.5) is 5.82 Å². The van der Waals surface area contributed by atoms with Gasteiger partial charge in [-0.3, -0.25) is 9.78 Å². The zero-order valence-electron chi connectivity index (χ0n) is 16.6. The molecule has 1 aliphatic rings. The lowest BCUT2D eigenvalue weighted by atomic mass is 9.96. The minimum Gasteiger partial charge on any atom is -0.355 e. The molecule has 5 nitrogen and oxygen atoms in total. The summed E-state index contributed by atoms with van der Waals surface area (Å²) in [7, 11) is 0. The number of hydrogen-bond donors (Lipinski definition) is 1. The highest BCUT2D eigenvalue weighted by Gasteiger charge is 2.27. The predicted molar refractivity (Wildman–Crippen MR) is 109 cm³/mol. The van der Waals surface area contributed by atoms with Gasteiger partial charge >= 0.3 is 0 Å². The van der Waals surface area contributed by atoms with Gasteiger partial charge in [-0.25, -0.2) is 4.98 Å². The van der Waals surface area contributed by atoms with Crippen LogP contribution in [0.2, 0.25) is 0 Å². The highest BCUT2D eigenvalue weighted by molar-refractivity contribution is 5.80. The summed E-state index contributed by atoms with van der Waals surface area (Å²) in [5.74, 6) is 1.62. The van der Waals surface area contributed by atoms with Gasteiger partial charge in [0.2, 0.25) is 5.91 Å². The summed E-state index contributed by atoms with van der Waals surface area (Å²) in [6, 6.07) is 8.63. The Labute approximate surface area is 162 Å². The first-order valence-electron chi connectivity index (χ1n) is 9.93. The number of piperidine rings is 1. The van der Waals surface area contributed by atoms with Crippen molar-refractivity contribution in [1.29, 1.82) is 0 Å². The van der Waals surface area contributed by atoms with Crippen LogP contribution in [0.15, 0.2) is 42.9 Å². The molecule has 1 saturated heterocycles. The summed E-state index contributed by atoms with van der Waals surface area (Å²) >= 11 is 0. The van der Waals surface area contributed by atoms with E-state index in [0.29, 0.717) is 12.5 Å². The fourth-order valence-electron chi connectivity index (χ4n) is 3.68. The number of benzene rings is 1. The number of aromatic nitrogens is 2. The molecule has 1 fully saturated rings. The molecule has 1 N–H and O–H groups in total. The quantitative estimate of drug-likeness (QED) is 0.845. The monoisotopic (exact) mass is 366 g/mol. The number of amides is 1. The van der Waals surface area contributed by atoms with E-state index in [1.807, 2.05) is 0 Å². The molecule has 3 rings (SSSR count). The molecule has 1 amide bonds. The topological polar surface area (TPSA) is 58.1 Å². The third-order valence-electron chi connectivity index (χ3n) is 5.15. The maximum atomic E-state index is 12.8. The second kappa shape index (κ2) is 8.98. The minimum atomic E-state index is -0.0107. The first kappa shape index (κ1) is 19.3. The van der Waals surface area contributed by atoms with Crippen molar-refractivity contribution < 1.29 is 4.79 Å². The summed E-state index contributed by atoms with van der Waals surface area (Å²) in [4.78, 5) is 23.5. The molecule has 2 aromatic rings. The molecule has 2 atom stereocenters. The molecule has 0 bridgehead atoms. The summed E-state index contributed by atoms with van der Waals surface area (Å²) in [6.07, 6.45) is 8.13. The van der Waals surface area contributed by atoms with Crippen molar-refractivity contribution in [3.05, 3.63) is 54.0 Å². The van der Waals surface area contributed by atoms with Gasteiger partial charge in [-0.2, -0.15) is 0 Å². The third kappa shape index (κ3) is 5.28. The second-order valence-electron chi connectivity index (χ2n) is 7.92. The van der Waals surface area contributed by atoms with Gasteiger partial charge in [0.1, 0.15) is 5.82 Å². The van der Waals surface area contributed by atoms with Gasteiger partial charge in [0.05, 0.1) is 18.2 Å². The molecule has 0 saturated carbocycles. The van der Waals surface area contributed by atoms with E-state index < -0.39 is 0 Å². The molecular formula is C22H30N4O. The molecule has 0 radical (unpaired) electrons. The average molecular weight is 367 g/mol. The summed E-state index contributed by atoms with van der Waals surface area (Å²) in [5.41, 5.74) is 2.50. The zero-order valence-corrected chi connectivity index (χ0v) is 16.6. The lowest BCUT2D eigenvalue weighted by Crippen LogP contribution is -2.44. The van der Waals surface area contributed by atoms with Crippen molar-refractivity contribution in [3.63, 3.8) is 0 Å². The molecule has 1 aliphatic heterocycles. The fourth-order valence-corrected chi connectivity index (χ4v) is 3.68. The fraction of sp³-hybridized carbons (Fsp3) is 0.500. The van der Waals surface area contributed by atoms with Crippen molar-refractivity contribution in [2.45, 2.75) is 46.1 Å². The largest absolute Gasteiger partial charge is 0.355 e. The molecule has 1 aromatic carbocycles. The molecule has 2 heterocycles. The van der Waals surface area contributed by atoms with Crippen LogP contribution in [0, 0.1) is 11.8 Å². The minimum absolute atomic E-state index is 0.0107. The molecule has 27 heavy (non-hydrogen) atoms. The molecule has 0 unspecified atom stereocenters. The van der Waals surface area contributed by atoms with Crippen LogP contribution < -0.4 is 10.2 Å². The summed E-state index contributed by atoms with van der Waals surface area (Å²) < 4.78 is 0. The van der Waals surface area contributed by atoms with Gasteiger partial charge in [0.25, 0.3) is 0 Å². The van der Waals surface area contributed by atoms with E-state index in [1.165, 1.54) is 5.56 Å². The Morgan fingerprint density at radius 3 is 2.67 bits per heavy atom. The van der Waals surface area contributed by atoms with Crippen LogP contribution in [-0.2, 0) is 11.2 Å². The van der Waals surface area contributed by atoms with Gasteiger partial charge in [0.15, 0.2) is 0 Å². The highest BCUT2D eigenvalue weighted by atomic mass is 16.2. The van der Waals surface area contributed by atoms with Crippen molar-refractivity contribution in [1.82, 2.24) is 15.3 Å². The number of carbonyl (C=O) groups excluding carboxylic acids is 1. The molecule has 1 aromatic heterocycles. The Morgan fingerprint density at radius 2 is 2.00 bits per heavy atom.